The standard InChI is InChI=1S/C19H20N2O4S/c1-12-5-4-6-17(14(12)3)20-18(22)15-7-9-16(10-8-15)21-19(23)13(2)11-26(21,24)25/h4-10,13H,11H2,1-3H3,(H,20,22). The Morgan fingerprint density at radius 3 is 2.35 bits per heavy atom. The van der Waals surface area contributed by atoms with Crippen LogP contribution in [0.4, 0.5) is 11.4 Å². The number of anilines is 2. The monoisotopic (exact) mass is 372 g/mol. The van der Waals surface area contributed by atoms with Crippen LogP contribution in [0.15, 0.2) is 42.5 Å². The van der Waals surface area contributed by atoms with E-state index in [0.717, 1.165) is 21.1 Å². The molecule has 7 heteroatoms. The average Bonchev–Trinajstić information content (AvgIpc) is 2.79. The minimum absolute atomic E-state index is 0.194. The number of carbonyl (C=O) groups excluding carboxylic acids is 2. The van der Waals surface area contributed by atoms with Gasteiger partial charge in [-0.2, -0.15) is 0 Å². The van der Waals surface area contributed by atoms with Crippen molar-refractivity contribution in [3.05, 3.63) is 59.2 Å². The van der Waals surface area contributed by atoms with Gasteiger partial charge in [-0.3, -0.25) is 9.59 Å². The molecule has 1 atom stereocenters. The Morgan fingerprint density at radius 1 is 1.12 bits per heavy atom. The fourth-order valence-corrected chi connectivity index (χ4v) is 4.74. The van der Waals surface area contributed by atoms with Crippen molar-refractivity contribution in [1.82, 2.24) is 0 Å². The van der Waals surface area contributed by atoms with Crippen LogP contribution in [0.1, 0.15) is 28.4 Å². The number of nitrogens with one attached hydrogen (secondary N) is 1. The van der Waals surface area contributed by atoms with Crippen LogP contribution in [0.3, 0.4) is 0 Å². The molecule has 0 bridgehead atoms. The quantitative estimate of drug-likeness (QED) is 0.898. The van der Waals surface area contributed by atoms with E-state index in [0.29, 0.717) is 5.56 Å². The van der Waals surface area contributed by atoms with Crippen LogP contribution in [-0.2, 0) is 14.8 Å². The summed E-state index contributed by atoms with van der Waals surface area (Å²) in [5, 5.41) is 2.85. The van der Waals surface area contributed by atoms with Crippen molar-refractivity contribution in [2.24, 2.45) is 5.92 Å². The van der Waals surface area contributed by atoms with Gasteiger partial charge >= 0.3 is 0 Å². The van der Waals surface area contributed by atoms with Gasteiger partial charge in [-0.15, -0.1) is 0 Å². The van der Waals surface area contributed by atoms with E-state index in [9.17, 15) is 18.0 Å². The highest BCUT2D eigenvalue weighted by molar-refractivity contribution is 7.94. The summed E-state index contributed by atoms with van der Waals surface area (Å²) in [5.74, 6) is -1.50. The molecule has 0 radical (unpaired) electrons. The molecule has 26 heavy (non-hydrogen) atoms. The molecule has 2 aromatic rings. The third-order valence-electron chi connectivity index (χ3n) is 4.58. The van der Waals surface area contributed by atoms with E-state index < -0.39 is 21.8 Å². The molecule has 1 unspecified atom stereocenters. The van der Waals surface area contributed by atoms with Gasteiger partial charge in [0.2, 0.25) is 15.9 Å². The zero-order chi connectivity index (χ0) is 19.1. The van der Waals surface area contributed by atoms with Gasteiger partial charge in [0.05, 0.1) is 17.4 Å². The van der Waals surface area contributed by atoms with E-state index in [1.54, 1.807) is 6.92 Å². The normalized spacial score (nSPS) is 18.8. The first-order valence-electron chi connectivity index (χ1n) is 8.25. The number of hydrogen-bond donors (Lipinski definition) is 1. The number of sulfonamides is 1. The molecular weight excluding hydrogens is 352 g/mol. The third kappa shape index (κ3) is 3.22. The van der Waals surface area contributed by atoms with Crippen molar-refractivity contribution < 1.29 is 18.0 Å². The lowest BCUT2D eigenvalue weighted by Crippen LogP contribution is -2.30. The number of benzene rings is 2. The predicted octanol–water partition coefficient (Wildman–Crippen LogP) is 2.87. The Balaban J connectivity index is 1.83. The molecule has 0 spiro atoms. The highest BCUT2D eigenvalue weighted by Crippen LogP contribution is 2.28. The van der Waals surface area contributed by atoms with Crippen molar-refractivity contribution in [1.29, 1.82) is 0 Å². The van der Waals surface area contributed by atoms with Crippen LogP contribution < -0.4 is 9.62 Å². The van der Waals surface area contributed by atoms with Gasteiger partial charge < -0.3 is 5.32 Å². The van der Waals surface area contributed by atoms with Crippen LogP contribution in [-0.4, -0.2) is 26.0 Å². The molecule has 3 rings (SSSR count). The Morgan fingerprint density at radius 2 is 1.77 bits per heavy atom. The molecule has 1 aliphatic rings. The number of rotatable bonds is 3. The average molecular weight is 372 g/mol. The topological polar surface area (TPSA) is 83.6 Å². The first-order chi connectivity index (χ1) is 12.2. The lowest BCUT2D eigenvalue weighted by atomic mass is 10.1. The molecule has 0 saturated carbocycles. The fourth-order valence-electron chi connectivity index (χ4n) is 2.92. The number of carbonyl (C=O) groups is 2. The molecule has 1 N–H and O–H groups in total. The maximum absolute atomic E-state index is 12.4. The molecule has 136 valence electrons. The van der Waals surface area contributed by atoms with Crippen LogP contribution >= 0.6 is 0 Å². The SMILES string of the molecule is Cc1cccc(NC(=O)c2ccc(N3C(=O)C(C)CS3(=O)=O)cc2)c1C. The summed E-state index contributed by atoms with van der Waals surface area (Å²) in [6, 6.07) is 11.6. The predicted molar refractivity (Wildman–Crippen MR) is 101 cm³/mol. The maximum Gasteiger partial charge on any atom is 0.255 e. The molecule has 1 aliphatic heterocycles. The van der Waals surface area contributed by atoms with E-state index in [1.165, 1.54) is 24.3 Å². The molecular formula is C19H20N2O4S. The largest absolute Gasteiger partial charge is 0.322 e. The van der Waals surface area contributed by atoms with E-state index in [1.807, 2.05) is 32.0 Å². The molecule has 2 aromatic carbocycles. The Hall–Kier alpha value is -2.67. The first kappa shape index (κ1) is 18.1. The minimum atomic E-state index is -3.65. The minimum Gasteiger partial charge on any atom is -0.322 e. The van der Waals surface area contributed by atoms with Crippen molar-refractivity contribution in [2.75, 3.05) is 15.4 Å². The molecule has 6 nitrogen and oxygen atoms in total. The van der Waals surface area contributed by atoms with Crippen molar-refractivity contribution in [3.8, 4) is 0 Å². The highest BCUT2D eigenvalue weighted by atomic mass is 32.2. The molecule has 1 fully saturated rings. The van der Waals surface area contributed by atoms with Crippen LogP contribution in [0, 0.1) is 19.8 Å². The van der Waals surface area contributed by atoms with Crippen molar-refractivity contribution in [2.45, 2.75) is 20.8 Å². The zero-order valence-electron chi connectivity index (χ0n) is 14.8. The second kappa shape index (κ2) is 6.57. The maximum atomic E-state index is 12.4. The highest BCUT2D eigenvalue weighted by Gasteiger charge is 2.41. The Bertz CT molecular complexity index is 981. The summed E-state index contributed by atoms with van der Waals surface area (Å²) < 4.78 is 25.1. The van der Waals surface area contributed by atoms with Crippen LogP contribution in [0.2, 0.25) is 0 Å². The van der Waals surface area contributed by atoms with E-state index >= 15 is 0 Å². The smallest absolute Gasteiger partial charge is 0.255 e. The summed E-state index contributed by atoms with van der Waals surface area (Å²) in [4.78, 5) is 24.6. The lowest BCUT2D eigenvalue weighted by molar-refractivity contribution is -0.119. The number of hydrogen-bond acceptors (Lipinski definition) is 4. The first-order valence-corrected chi connectivity index (χ1v) is 9.86. The summed E-state index contributed by atoms with van der Waals surface area (Å²) in [6.07, 6.45) is 0. The van der Waals surface area contributed by atoms with Gasteiger partial charge in [0.25, 0.3) is 5.91 Å². The second-order valence-corrected chi connectivity index (χ2v) is 8.39. The van der Waals surface area contributed by atoms with E-state index in [4.69, 9.17) is 0 Å². The molecule has 0 aliphatic carbocycles. The molecule has 0 aromatic heterocycles. The van der Waals surface area contributed by atoms with E-state index in [-0.39, 0.29) is 17.3 Å². The lowest BCUT2D eigenvalue weighted by Gasteiger charge is -2.16. The van der Waals surface area contributed by atoms with Crippen molar-refractivity contribution in [3.63, 3.8) is 0 Å². The van der Waals surface area contributed by atoms with Crippen LogP contribution in [0.5, 0.6) is 0 Å². The Labute approximate surface area is 152 Å². The van der Waals surface area contributed by atoms with Gasteiger partial charge in [-0.1, -0.05) is 19.1 Å². The molecule has 2 amide bonds. The van der Waals surface area contributed by atoms with Gasteiger partial charge in [0.1, 0.15) is 0 Å². The summed E-state index contributed by atoms with van der Waals surface area (Å²) in [6.45, 7) is 5.49. The number of nitrogens with zero attached hydrogens (tertiary/aromatic N) is 1. The van der Waals surface area contributed by atoms with Gasteiger partial charge in [0.15, 0.2) is 0 Å². The fraction of sp³-hybridized carbons (Fsp3) is 0.263. The second-order valence-electron chi connectivity index (χ2n) is 6.53. The third-order valence-corrected chi connectivity index (χ3v) is 6.45. The van der Waals surface area contributed by atoms with Gasteiger partial charge in [-0.05, 0) is 55.3 Å². The number of amides is 2. The zero-order valence-corrected chi connectivity index (χ0v) is 15.6. The van der Waals surface area contributed by atoms with Gasteiger partial charge in [-0.25, -0.2) is 12.7 Å². The summed E-state index contributed by atoms with van der Waals surface area (Å²) in [7, 11) is -3.65. The Kier molecular flexibility index (Phi) is 4.58. The summed E-state index contributed by atoms with van der Waals surface area (Å²) >= 11 is 0. The number of aryl methyl sites for hydroxylation is 1. The van der Waals surface area contributed by atoms with Gasteiger partial charge in [0, 0.05) is 11.3 Å². The van der Waals surface area contributed by atoms with Crippen molar-refractivity contribution >= 4 is 33.2 Å². The summed E-state index contributed by atoms with van der Waals surface area (Å²) in [5.41, 5.74) is 3.42. The molecule has 1 heterocycles. The van der Waals surface area contributed by atoms with E-state index in [2.05, 4.69) is 5.32 Å². The van der Waals surface area contributed by atoms with Crippen LogP contribution in [0.25, 0.3) is 0 Å². The molecule has 1 saturated heterocycles.